The van der Waals surface area contributed by atoms with Crippen molar-refractivity contribution in [3.8, 4) is 0 Å². The first-order valence-corrected chi connectivity index (χ1v) is 9.94. The first kappa shape index (κ1) is 17.9. The standard InChI is InChI=1S/C19H19N3O3S/c1-26(24,25)18-5-2-4-17(12-18)19(23)20-13-15-6-8-16(9-7-15)14-22-11-3-10-21-22/h2-12H,13-14H2,1H3,(H,20,23). The summed E-state index contributed by atoms with van der Waals surface area (Å²) >= 11 is 0. The first-order chi connectivity index (χ1) is 12.4. The molecule has 1 aromatic heterocycles. The number of aromatic nitrogens is 2. The van der Waals surface area contributed by atoms with Crippen LogP contribution in [0.3, 0.4) is 0 Å². The Balaban J connectivity index is 1.61. The maximum atomic E-state index is 12.3. The van der Waals surface area contributed by atoms with Gasteiger partial charge in [0, 0.05) is 30.8 Å². The Hall–Kier alpha value is -2.93. The molecule has 0 aliphatic heterocycles. The smallest absolute Gasteiger partial charge is 0.251 e. The molecule has 0 atom stereocenters. The normalized spacial score (nSPS) is 11.3. The molecule has 0 saturated heterocycles. The zero-order valence-corrected chi connectivity index (χ0v) is 15.1. The highest BCUT2D eigenvalue weighted by Crippen LogP contribution is 2.12. The highest BCUT2D eigenvalue weighted by molar-refractivity contribution is 7.90. The molecule has 0 radical (unpaired) electrons. The number of benzene rings is 2. The lowest BCUT2D eigenvalue weighted by Crippen LogP contribution is -2.23. The van der Waals surface area contributed by atoms with E-state index in [1.54, 1.807) is 18.3 Å². The summed E-state index contributed by atoms with van der Waals surface area (Å²) in [6, 6.07) is 15.8. The summed E-state index contributed by atoms with van der Waals surface area (Å²) in [7, 11) is -3.34. The third kappa shape index (κ3) is 4.58. The SMILES string of the molecule is CS(=O)(=O)c1cccc(C(=O)NCc2ccc(Cn3cccn3)cc2)c1. The number of sulfone groups is 1. The van der Waals surface area contributed by atoms with Crippen LogP contribution in [0.25, 0.3) is 0 Å². The number of hydrogen-bond donors (Lipinski definition) is 1. The topological polar surface area (TPSA) is 81.1 Å². The van der Waals surface area contributed by atoms with Crippen LogP contribution in [0, 0.1) is 0 Å². The second-order valence-corrected chi connectivity index (χ2v) is 8.02. The van der Waals surface area contributed by atoms with E-state index in [9.17, 15) is 13.2 Å². The maximum Gasteiger partial charge on any atom is 0.251 e. The molecule has 1 N–H and O–H groups in total. The summed E-state index contributed by atoms with van der Waals surface area (Å²) in [6.45, 7) is 1.06. The van der Waals surface area contributed by atoms with E-state index in [1.165, 1.54) is 12.1 Å². The van der Waals surface area contributed by atoms with Crippen LogP contribution in [0.1, 0.15) is 21.5 Å². The first-order valence-electron chi connectivity index (χ1n) is 8.05. The number of amides is 1. The van der Waals surface area contributed by atoms with E-state index in [0.717, 1.165) is 17.4 Å². The van der Waals surface area contributed by atoms with E-state index < -0.39 is 9.84 Å². The van der Waals surface area contributed by atoms with Gasteiger partial charge in [0.1, 0.15) is 0 Å². The number of carbonyl (C=O) groups is 1. The molecule has 0 fully saturated rings. The van der Waals surface area contributed by atoms with Gasteiger partial charge in [-0.2, -0.15) is 5.10 Å². The average molecular weight is 369 g/mol. The van der Waals surface area contributed by atoms with E-state index in [4.69, 9.17) is 0 Å². The molecule has 3 rings (SSSR count). The lowest BCUT2D eigenvalue weighted by atomic mass is 10.1. The summed E-state index contributed by atoms with van der Waals surface area (Å²) in [5.41, 5.74) is 2.40. The van der Waals surface area contributed by atoms with Crippen molar-refractivity contribution in [1.29, 1.82) is 0 Å². The van der Waals surface area contributed by atoms with Crippen LogP contribution < -0.4 is 5.32 Å². The molecule has 0 aliphatic carbocycles. The highest BCUT2D eigenvalue weighted by Gasteiger charge is 2.11. The van der Waals surface area contributed by atoms with E-state index in [0.29, 0.717) is 18.7 Å². The van der Waals surface area contributed by atoms with Gasteiger partial charge in [0.2, 0.25) is 0 Å². The number of carbonyl (C=O) groups excluding carboxylic acids is 1. The summed E-state index contributed by atoms with van der Waals surface area (Å²) in [5.74, 6) is -0.309. The summed E-state index contributed by atoms with van der Waals surface area (Å²) in [5, 5.41) is 6.98. The van der Waals surface area contributed by atoms with Crippen LogP contribution in [0.5, 0.6) is 0 Å². The Labute approximate surface area is 152 Å². The van der Waals surface area contributed by atoms with Crippen LogP contribution in [-0.2, 0) is 22.9 Å². The van der Waals surface area contributed by atoms with Crippen molar-refractivity contribution in [2.24, 2.45) is 0 Å². The Morgan fingerprint density at radius 3 is 2.46 bits per heavy atom. The highest BCUT2D eigenvalue weighted by atomic mass is 32.2. The van der Waals surface area contributed by atoms with Gasteiger partial charge in [0.15, 0.2) is 9.84 Å². The van der Waals surface area contributed by atoms with E-state index in [-0.39, 0.29) is 10.8 Å². The maximum absolute atomic E-state index is 12.3. The molecule has 0 unspecified atom stereocenters. The van der Waals surface area contributed by atoms with Crippen LogP contribution >= 0.6 is 0 Å². The van der Waals surface area contributed by atoms with Crippen LogP contribution in [-0.4, -0.2) is 30.4 Å². The summed E-state index contributed by atoms with van der Waals surface area (Å²) < 4.78 is 25.0. The Bertz CT molecular complexity index is 995. The van der Waals surface area contributed by atoms with E-state index in [1.807, 2.05) is 41.2 Å². The molecule has 0 spiro atoms. The van der Waals surface area contributed by atoms with Gasteiger partial charge in [-0.3, -0.25) is 9.48 Å². The Kier molecular flexibility index (Phi) is 5.18. The zero-order valence-electron chi connectivity index (χ0n) is 14.3. The minimum atomic E-state index is -3.34. The second kappa shape index (κ2) is 7.53. The van der Waals surface area contributed by atoms with Crippen LogP contribution in [0.15, 0.2) is 71.9 Å². The molecule has 26 heavy (non-hydrogen) atoms. The van der Waals surface area contributed by atoms with E-state index in [2.05, 4.69) is 10.4 Å². The average Bonchev–Trinajstić information content (AvgIpc) is 3.13. The van der Waals surface area contributed by atoms with Crippen molar-refractivity contribution in [2.45, 2.75) is 18.0 Å². The third-order valence-corrected chi connectivity index (χ3v) is 5.01. The number of nitrogens with zero attached hydrogens (tertiary/aromatic N) is 2. The van der Waals surface area contributed by atoms with Gasteiger partial charge in [-0.25, -0.2) is 8.42 Å². The number of hydrogen-bond acceptors (Lipinski definition) is 4. The molecule has 0 aliphatic rings. The molecular formula is C19H19N3O3S. The Morgan fingerprint density at radius 2 is 1.81 bits per heavy atom. The molecule has 3 aromatic rings. The van der Waals surface area contributed by atoms with Crippen LogP contribution in [0.4, 0.5) is 0 Å². The molecule has 1 amide bonds. The van der Waals surface area contributed by atoms with Crippen molar-refractivity contribution >= 4 is 15.7 Å². The van der Waals surface area contributed by atoms with Crippen molar-refractivity contribution in [3.63, 3.8) is 0 Å². The lowest BCUT2D eigenvalue weighted by Gasteiger charge is -2.08. The molecule has 2 aromatic carbocycles. The van der Waals surface area contributed by atoms with Crippen LogP contribution in [0.2, 0.25) is 0 Å². The van der Waals surface area contributed by atoms with Gasteiger partial charge < -0.3 is 5.32 Å². The molecule has 0 saturated carbocycles. The Morgan fingerprint density at radius 1 is 1.08 bits per heavy atom. The fourth-order valence-corrected chi connectivity index (χ4v) is 3.16. The number of nitrogens with one attached hydrogen (secondary N) is 1. The molecule has 1 heterocycles. The predicted octanol–water partition coefficient (Wildman–Crippen LogP) is 2.26. The van der Waals surface area contributed by atoms with Crippen molar-refractivity contribution < 1.29 is 13.2 Å². The molecule has 134 valence electrons. The zero-order chi connectivity index (χ0) is 18.6. The predicted molar refractivity (Wildman–Crippen MR) is 98.5 cm³/mol. The van der Waals surface area contributed by atoms with Crippen molar-refractivity contribution in [3.05, 3.63) is 83.7 Å². The third-order valence-electron chi connectivity index (χ3n) is 3.90. The minimum Gasteiger partial charge on any atom is -0.348 e. The fraction of sp³-hybridized carbons (Fsp3) is 0.158. The van der Waals surface area contributed by atoms with Gasteiger partial charge in [-0.15, -0.1) is 0 Å². The lowest BCUT2D eigenvalue weighted by molar-refractivity contribution is 0.0950. The van der Waals surface area contributed by atoms with Gasteiger partial charge in [0.25, 0.3) is 5.91 Å². The summed E-state index contributed by atoms with van der Waals surface area (Å²) in [6.07, 6.45) is 4.76. The quantitative estimate of drug-likeness (QED) is 0.723. The van der Waals surface area contributed by atoms with Gasteiger partial charge in [-0.1, -0.05) is 30.3 Å². The molecular weight excluding hydrogens is 350 g/mol. The molecule has 7 heteroatoms. The molecule has 6 nitrogen and oxygen atoms in total. The largest absolute Gasteiger partial charge is 0.348 e. The minimum absolute atomic E-state index is 0.133. The second-order valence-electron chi connectivity index (χ2n) is 6.00. The fourth-order valence-electron chi connectivity index (χ4n) is 2.50. The van der Waals surface area contributed by atoms with E-state index >= 15 is 0 Å². The van der Waals surface area contributed by atoms with Gasteiger partial charge in [-0.05, 0) is 35.4 Å². The van der Waals surface area contributed by atoms with Gasteiger partial charge in [0.05, 0.1) is 11.4 Å². The monoisotopic (exact) mass is 369 g/mol. The number of rotatable bonds is 6. The van der Waals surface area contributed by atoms with Gasteiger partial charge >= 0.3 is 0 Å². The van der Waals surface area contributed by atoms with Crippen molar-refractivity contribution in [2.75, 3.05) is 6.26 Å². The van der Waals surface area contributed by atoms with Crippen molar-refractivity contribution in [1.82, 2.24) is 15.1 Å². The molecule has 0 bridgehead atoms. The summed E-state index contributed by atoms with van der Waals surface area (Å²) in [4.78, 5) is 12.4.